The molecule has 0 aliphatic heterocycles. The molecule has 0 aliphatic carbocycles. The van der Waals surface area contributed by atoms with E-state index in [0.717, 1.165) is 28.9 Å². The Morgan fingerprint density at radius 2 is 1.57 bits per heavy atom. The first-order chi connectivity index (χ1) is 14.7. The van der Waals surface area contributed by atoms with Crippen molar-refractivity contribution in [2.24, 2.45) is 0 Å². The molecule has 0 saturated carbocycles. The molecule has 0 spiro atoms. The van der Waals surface area contributed by atoms with Crippen LogP contribution in [0.3, 0.4) is 0 Å². The van der Waals surface area contributed by atoms with Gasteiger partial charge in [-0.1, -0.05) is 61.5 Å². The van der Waals surface area contributed by atoms with Gasteiger partial charge in [-0.25, -0.2) is 4.79 Å². The summed E-state index contributed by atoms with van der Waals surface area (Å²) in [5, 5.41) is 12.4. The third-order valence-corrected chi connectivity index (χ3v) is 4.71. The van der Waals surface area contributed by atoms with Gasteiger partial charge in [0.2, 0.25) is 0 Å². The summed E-state index contributed by atoms with van der Waals surface area (Å²) in [6.45, 7) is 4.13. The van der Waals surface area contributed by atoms with E-state index in [4.69, 9.17) is 4.74 Å². The summed E-state index contributed by atoms with van der Waals surface area (Å²) in [6, 6.07) is 24.8. The first kappa shape index (κ1) is 21.2. The smallest absolute Gasteiger partial charge is 0.317 e. The Morgan fingerprint density at radius 3 is 2.20 bits per heavy atom. The number of carbonyl (C=O) groups is 1. The summed E-state index contributed by atoms with van der Waals surface area (Å²) in [6.07, 6.45) is 0.898. The maximum atomic E-state index is 12.5. The van der Waals surface area contributed by atoms with Crippen LogP contribution in [0.25, 0.3) is 11.1 Å². The molecule has 0 fully saturated rings. The number of hydrogen-bond acceptors (Lipinski definition) is 3. The largest absolute Gasteiger partial charge is 0.508 e. The minimum atomic E-state index is -0.0769. The molecule has 3 aromatic rings. The van der Waals surface area contributed by atoms with E-state index in [1.807, 2.05) is 73.7 Å². The van der Waals surface area contributed by atoms with Crippen LogP contribution >= 0.6 is 0 Å². The van der Waals surface area contributed by atoms with Crippen molar-refractivity contribution in [3.8, 4) is 22.6 Å². The quantitative estimate of drug-likeness (QED) is 0.524. The van der Waals surface area contributed by atoms with Gasteiger partial charge in [0, 0.05) is 13.1 Å². The molecule has 0 atom stereocenters. The lowest BCUT2D eigenvalue weighted by Crippen LogP contribution is -2.41. The number of amides is 2. The molecule has 2 amide bonds. The summed E-state index contributed by atoms with van der Waals surface area (Å²) >= 11 is 0. The summed E-state index contributed by atoms with van der Waals surface area (Å²) in [5.41, 5.74) is 3.16. The summed E-state index contributed by atoms with van der Waals surface area (Å²) in [4.78, 5) is 14.3. The van der Waals surface area contributed by atoms with Crippen molar-refractivity contribution in [1.82, 2.24) is 10.2 Å². The average molecular weight is 405 g/mol. The van der Waals surface area contributed by atoms with Crippen molar-refractivity contribution >= 4 is 6.03 Å². The maximum absolute atomic E-state index is 12.5. The van der Waals surface area contributed by atoms with Gasteiger partial charge >= 0.3 is 6.03 Å². The summed E-state index contributed by atoms with van der Waals surface area (Å²) in [5.74, 6) is 1.01. The average Bonchev–Trinajstić information content (AvgIpc) is 2.78. The standard InChI is InChI=1S/C25H28N2O3/c1-2-16-26-25(29)27(19-20-6-4-3-5-7-20)17-18-30-24-14-10-22(11-15-24)21-8-12-23(28)13-9-21/h3-15,28H,2,16-19H2,1H3,(H,26,29). The van der Waals surface area contributed by atoms with E-state index in [1.165, 1.54) is 0 Å². The number of phenolic OH excluding ortho intramolecular Hbond substituents is 1. The number of carbonyl (C=O) groups excluding carboxylic acids is 1. The third kappa shape index (κ3) is 6.27. The molecular weight excluding hydrogens is 376 g/mol. The Labute approximate surface area is 177 Å². The molecule has 0 aromatic heterocycles. The topological polar surface area (TPSA) is 61.8 Å². The van der Waals surface area contributed by atoms with Gasteiger partial charge in [0.25, 0.3) is 0 Å². The second-order valence-electron chi connectivity index (χ2n) is 7.06. The van der Waals surface area contributed by atoms with Crippen LogP contribution in [0, 0.1) is 0 Å². The monoisotopic (exact) mass is 404 g/mol. The molecule has 0 saturated heterocycles. The van der Waals surface area contributed by atoms with Gasteiger partial charge in [-0.15, -0.1) is 0 Å². The van der Waals surface area contributed by atoms with Crippen LogP contribution in [-0.2, 0) is 6.54 Å². The second kappa shape index (κ2) is 10.9. The van der Waals surface area contributed by atoms with E-state index in [9.17, 15) is 9.90 Å². The first-order valence-electron chi connectivity index (χ1n) is 10.2. The normalized spacial score (nSPS) is 10.4. The van der Waals surface area contributed by atoms with Crippen molar-refractivity contribution < 1.29 is 14.6 Å². The van der Waals surface area contributed by atoms with Gasteiger partial charge in [-0.05, 0) is 47.4 Å². The van der Waals surface area contributed by atoms with Crippen LogP contribution in [0.15, 0.2) is 78.9 Å². The SMILES string of the molecule is CCCNC(=O)N(CCOc1ccc(-c2ccc(O)cc2)cc1)Cc1ccccc1. The highest BCUT2D eigenvalue weighted by Crippen LogP contribution is 2.24. The van der Waals surface area contributed by atoms with E-state index < -0.39 is 0 Å². The van der Waals surface area contributed by atoms with Crippen molar-refractivity contribution in [2.75, 3.05) is 19.7 Å². The number of benzene rings is 3. The molecule has 3 rings (SSSR count). The highest BCUT2D eigenvalue weighted by molar-refractivity contribution is 5.74. The molecule has 0 radical (unpaired) electrons. The number of ether oxygens (including phenoxy) is 1. The number of nitrogens with one attached hydrogen (secondary N) is 1. The van der Waals surface area contributed by atoms with Gasteiger partial charge in [0.05, 0.1) is 6.54 Å². The van der Waals surface area contributed by atoms with E-state index in [2.05, 4.69) is 5.32 Å². The Bertz CT molecular complexity index is 909. The highest BCUT2D eigenvalue weighted by atomic mass is 16.5. The van der Waals surface area contributed by atoms with Gasteiger partial charge in [0.1, 0.15) is 18.1 Å². The molecule has 5 heteroatoms. The number of nitrogens with zero attached hydrogens (tertiary/aromatic N) is 1. The number of aromatic hydroxyl groups is 1. The molecule has 3 aromatic carbocycles. The lowest BCUT2D eigenvalue weighted by Gasteiger charge is -2.23. The van der Waals surface area contributed by atoms with Crippen LogP contribution in [0.1, 0.15) is 18.9 Å². The number of hydrogen-bond donors (Lipinski definition) is 2. The molecule has 5 nitrogen and oxygen atoms in total. The van der Waals surface area contributed by atoms with Crippen LogP contribution < -0.4 is 10.1 Å². The molecule has 0 heterocycles. The number of phenols is 1. The van der Waals surface area contributed by atoms with E-state index in [-0.39, 0.29) is 11.8 Å². The Kier molecular flexibility index (Phi) is 7.72. The maximum Gasteiger partial charge on any atom is 0.317 e. The minimum Gasteiger partial charge on any atom is -0.508 e. The lowest BCUT2D eigenvalue weighted by molar-refractivity contribution is 0.179. The van der Waals surface area contributed by atoms with E-state index in [1.54, 1.807) is 17.0 Å². The fourth-order valence-electron chi connectivity index (χ4n) is 3.07. The first-order valence-corrected chi connectivity index (χ1v) is 10.2. The zero-order valence-electron chi connectivity index (χ0n) is 17.3. The van der Waals surface area contributed by atoms with Gasteiger partial charge in [-0.3, -0.25) is 0 Å². The lowest BCUT2D eigenvalue weighted by atomic mass is 10.1. The van der Waals surface area contributed by atoms with Crippen LogP contribution in [0.5, 0.6) is 11.5 Å². The summed E-state index contributed by atoms with van der Waals surface area (Å²) in [7, 11) is 0. The number of urea groups is 1. The highest BCUT2D eigenvalue weighted by Gasteiger charge is 2.13. The zero-order chi connectivity index (χ0) is 21.2. The predicted octanol–water partition coefficient (Wildman–Crippen LogP) is 5.06. The van der Waals surface area contributed by atoms with Crippen LogP contribution in [-0.4, -0.2) is 35.7 Å². The van der Waals surface area contributed by atoms with Crippen LogP contribution in [0.4, 0.5) is 4.79 Å². The Balaban J connectivity index is 1.57. The molecular formula is C25H28N2O3. The van der Waals surface area contributed by atoms with Crippen molar-refractivity contribution in [1.29, 1.82) is 0 Å². The van der Waals surface area contributed by atoms with E-state index in [0.29, 0.717) is 26.2 Å². The molecule has 0 aliphatic rings. The molecule has 156 valence electrons. The van der Waals surface area contributed by atoms with Crippen molar-refractivity contribution in [3.63, 3.8) is 0 Å². The van der Waals surface area contributed by atoms with Crippen molar-refractivity contribution in [2.45, 2.75) is 19.9 Å². The van der Waals surface area contributed by atoms with E-state index >= 15 is 0 Å². The molecule has 0 unspecified atom stereocenters. The van der Waals surface area contributed by atoms with Crippen LogP contribution in [0.2, 0.25) is 0 Å². The molecule has 2 N–H and O–H groups in total. The Morgan fingerprint density at radius 1 is 0.933 bits per heavy atom. The van der Waals surface area contributed by atoms with Crippen molar-refractivity contribution in [3.05, 3.63) is 84.4 Å². The minimum absolute atomic E-state index is 0.0769. The zero-order valence-corrected chi connectivity index (χ0v) is 17.3. The predicted molar refractivity (Wildman–Crippen MR) is 120 cm³/mol. The van der Waals surface area contributed by atoms with Gasteiger partial charge < -0.3 is 20.1 Å². The molecule has 0 bridgehead atoms. The Hall–Kier alpha value is -3.47. The number of rotatable bonds is 9. The van der Waals surface area contributed by atoms with Gasteiger partial charge in [0.15, 0.2) is 0 Å². The fourth-order valence-corrected chi connectivity index (χ4v) is 3.07. The summed E-state index contributed by atoms with van der Waals surface area (Å²) < 4.78 is 5.88. The van der Waals surface area contributed by atoms with Gasteiger partial charge in [-0.2, -0.15) is 0 Å². The fraction of sp³-hybridized carbons (Fsp3) is 0.240. The molecule has 30 heavy (non-hydrogen) atoms. The second-order valence-corrected chi connectivity index (χ2v) is 7.06. The third-order valence-electron chi connectivity index (χ3n) is 4.71.